The number of carbonyl (C=O) groups excluding carboxylic acids is 1. The van der Waals surface area contributed by atoms with E-state index in [1.165, 1.54) is 0 Å². The molecule has 0 aliphatic carbocycles. The molecular formula is C15H13ClN2OS. The molecule has 0 unspecified atom stereocenters. The van der Waals surface area contributed by atoms with Gasteiger partial charge in [-0.25, -0.2) is 0 Å². The topological polar surface area (TPSA) is 34.0 Å². The third kappa shape index (κ3) is 2.21. The maximum atomic E-state index is 12.0. The summed E-state index contributed by atoms with van der Waals surface area (Å²) in [6.07, 6.45) is 0. The van der Waals surface area contributed by atoms with Gasteiger partial charge in [0.1, 0.15) is 5.69 Å². The first-order valence-corrected chi connectivity index (χ1v) is 7.48. The van der Waals surface area contributed by atoms with Gasteiger partial charge in [0.05, 0.1) is 10.2 Å². The Balaban J connectivity index is 2.11. The zero-order valence-corrected chi connectivity index (χ0v) is 12.5. The zero-order chi connectivity index (χ0) is 14.1. The van der Waals surface area contributed by atoms with Crippen LogP contribution in [0.15, 0.2) is 41.8 Å². The molecule has 0 bridgehead atoms. The molecule has 5 heteroatoms. The minimum atomic E-state index is -0.0829. The number of nitrogens with one attached hydrogen (secondary N) is 1. The molecule has 0 fully saturated rings. The monoisotopic (exact) mass is 304 g/mol. The van der Waals surface area contributed by atoms with Gasteiger partial charge < -0.3 is 9.88 Å². The molecule has 0 saturated carbocycles. The van der Waals surface area contributed by atoms with Gasteiger partial charge >= 0.3 is 0 Å². The third-order valence-corrected chi connectivity index (χ3v) is 4.49. The molecule has 3 aromatic rings. The number of carbonyl (C=O) groups is 1. The zero-order valence-electron chi connectivity index (χ0n) is 10.9. The molecule has 0 aliphatic heterocycles. The summed E-state index contributed by atoms with van der Waals surface area (Å²) in [6, 6.07) is 11.7. The number of aromatic nitrogens is 1. The van der Waals surface area contributed by atoms with E-state index in [1.807, 2.05) is 46.3 Å². The number of rotatable bonds is 3. The maximum Gasteiger partial charge on any atom is 0.267 e. The Hall–Kier alpha value is -1.78. The number of fused-ring (bicyclic) bond motifs is 1. The second kappa shape index (κ2) is 5.31. The van der Waals surface area contributed by atoms with E-state index < -0.39 is 0 Å². The van der Waals surface area contributed by atoms with Crippen molar-refractivity contribution in [1.29, 1.82) is 0 Å². The Bertz CT molecular complexity index is 775. The van der Waals surface area contributed by atoms with Crippen LogP contribution in [0.3, 0.4) is 0 Å². The average molecular weight is 305 g/mol. The lowest BCUT2D eigenvalue weighted by atomic mass is 10.2. The van der Waals surface area contributed by atoms with E-state index in [-0.39, 0.29) is 5.91 Å². The second-order valence-corrected chi connectivity index (χ2v) is 5.81. The third-order valence-electron chi connectivity index (χ3n) is 3.27. The van der Waals surface area contributed by atoms with Crippen LogP contribution in [0.4, 0.5) is 0 Å². The van der Waals surface area contributed by atoms with Gasteiger partial charge in [-0.1, -0.05) is 29.8 Å². The van der Waals surface area contributed by atoms with Crippen LogP contribution in [0.1, 0.15) is 16.1 Å². The highest BCUT2D eigenvalue weighted by Gasteiger charge is 2.16. The van der Waals surface area contributed by atoms with Crippen LogP contribution in [0.5, 0.6) is 0 Å². The summed E-state index contributed by atoms with van der Waals surface area (Å²) in [6.45, 7) is 0.586. The molecule has 20 heavy (non-hydrogen) atoms. The quantitative estimate of drug-likeness (QED) is 0.785. The Morgan fingerprint density at radius 1 is 1.35 bits per heavy atom. The Labute approximate surface area is 125 Å². The minimum Gasteiger partial charge on any atom is -0.354 e. The van der Waals surface area contributed by atoms with Crippen molar-refractivity contribution in [3.63, 3.8) is 0 Å². The number of amides is 1. The van der Waals surface area contributed by atoms with Gasteiger partial charge in [0.2, 0.25) is 0 Å². The van der Waals surface area contributed by atoms with Gasteiger partial charge in [-0.3, -0.25) is 4.79 Å². The summed E-state index contributed by atoms with van der Waals surface area (Å²) in [5, 5.41) is 5.43. The van der Waals surface area contributed by atoms with Gasteiger partial charge in [0, 0.05) is 18.6 Å². The molecule has 3 rings (SSSR count). The highest BCUT2D eigenvalue weighted by Crippen LogP contribution is 2.27. The molecule has 0 aliphatic rings. The summed E-state index contributed by atoms with van der Waals surface area (Å²) in [4.78, 5) is 12.0. The highest BCUT2D eigenvalue weighted by atomic mass is 35.5. The lowest BCUT2D eigenvalue weighted by Gasteiger charge is -2.10. The van der Waals surface area contributed by atoms with Crippen molar-refractivity contribution in [2.45, 2.75) is 6.54 Å². The predicted octanol–water partition coefficient (Wildman–Crippen LogP) is 3.76. The number of hydrogen-bond acceptors (Lipinski definition) is 2. The van der Waals surface area contributed by atoms with Crippen LogP contribution in [-0.2, 0) is 6.54 Å². The molecule has 3 nitrogen and oxygen atoms in total. The fraction of sp³-hybridized carbons (Fsp3) is 0.133. The van der Waals surface area contributed by atoms with Gasteiger partial charge in [-0.15, -0.1) is 11.3 Å². The fourth-order valence-electron chi connectivity index (χ4n) is 2.26. The van der Waals surface area contributed by atoms with Gasteiger partial charge in [-0.05, 0) is 29.1 Å². The number of benzene rings is 1. The molecule has 102 valence electrons. The van der Waals surface area contributed by atoms with Crippen LogP contribution in [0, 0.1) is 0 Å². The lowest BCUT2D eigenvalue weighted by molar-refractivity contribution is 0.0955. The molecule has 2 heterocycles. The first-order valence-electron chi connectivity index (χ1n) is 6.23. The molecular weight excluding hydrogens is 292 g/mol. The van der Waals surface area contributed by atoms with Crippen LogP contribution in [-0.4, -0.2) is 17.5 Å². The standard InChI is InChI=1S/C15H13ClN2OS/c1-17-15(19)13-8-14-12(6-7-20-14)18(13)9-10-4-2-3-5-11(10)16/h2-8H,9H2,1H3,(H,17,19). The predicted molar refractivity (Wildman–Crippen MR) is 83.8 cm³/mol. The number of hydrogen-bond donors (Lipinski definition) is 1. The van der Waals surface area contributed by atoms with Crippen molar-refractivity contribution in [2.75, 3.05) is 7.05 Å². The fourth-order valence-corrected chi connectivity index (χ4v) is 3.28. The molecule has 1 amide bonds. The van der Waals surface area contributed by atoms with E-state index >= 15 is 0 Å². The molecule has 2 aromatic heterocycles. The van der Waals surface area contributed by atoms with E-state index in [2.05, 4.69) is 5.32 Å². The summed E-state index contributed by atoms with van der Waals surface area (Å²) >= 11 is 7.85. The van der Waals surface area contributed by atoms with Gasteiger partial charge in [-0.2, -0.15) is 0 Å². The largest absolute Gasteiger partial charge is 0.354 e. The van der Waals surface area contributed by atoms with Gasteiger partial charge in [0.25, 0.3) is 5.91 Å². The van der Waals surface area contributed by atoms with Crippen LogP contribution < -0.4 is 5.32 Å². The van der Waals surface area contributed by atoms with Crippen LogP contribution in [0.2, 0.25) is 5.02 Å². The Kier molecular flexibility index (Phi) is 3.51. The normalized spacial score (nSPS) is 10.9. The SMILES string of the molecule is CNC(=O)c1cc2sccc2n1Cc1ccccc1Cl. The van der Waals surface area contributed by atoms with Crippen molar-refractivity contribution < 1.29 is 4.79 Å². The van der Waals surface area contributed by atoms with Crippen molar-refractivity contribution in [3.05, 3.63) is 58.1 Å². The Morgan fingerprint density at radius 2 is 2.15 bits per heavy atom. The van der Waals surface area contributed by atoms with Crippen LogP contribution >= 0.6 is 22.9 Å². The molecule has 0 atom stereocenters. The number of thiophene rings is 1. The number of nitrogens with zero attached hydrogens (tertiary/aromatic N) is 1. The molecule has 0 saturated heterocycles. The minimum absolute atomic E-state index is 0.0829. The summed E-state index contributed by atoms with van der Waals surface area (Å²) in [5.74, 6) is -0.0829. The average Bonchev–Trinajstić information content (AvgIpc) is 3.03. The Morgan fingerprint density at radius 3 is 2.90 bits per heavy atom. The van der Waals surface area contributed by atoms with Crippen molar-refractivity contribution in [3.8, 4) is 0 Å². The van der Waals surface area contributed by atoms with E-state index in [4.69, 9.17) is 11.6 Å². The van der Waals surface area contributed by atoms with Crippen LogP contribution in [0.25, 0.3) is 10.2 Å². The van der Waals surface area contributed by atoms with Crippen molar-refractivity contribution in [2.24, 2.45) is 0 Å². The van der Waals surface area contributed by atoms with Crippen molar-refractivity contribution in [1.82, 2.24) is 9.88 Å². The summed E-state index contributed by atoms with van der Waals surface area (Å²) in [5.41, 5.74) is 2.73. The highest BCUT2D eigenvalue weighted by molar-refractivity contribution is 7.17. The molecule has 0 radical (unpaired) electrons. The smallest absolute Gasteiger partial charge is 0.267 e. The number of halogens is 1. The van der Waals surface area contributed by atoms with E-state index in [0.717, 1.165) is 15.8 Å². The second-order valence-electron chi connectivity index (χ2n) is 4.46. The van der Waals surface area contributed by atoms with Crippen molar-refractivity contribution >= 4 is 39.1 Å². The summed E-state index contributed by atoms with van der Waals surface area (Å²) < 4.78 is 3.11. The molecule has 0 spiro atoms. The van der Waals surface area contributed by atoms with Gasteiger partial charge in [0.15, 0.2) is 0 Å². The van der Waals surface area contributed by atoms with E-state index in [1.54, 1.807) is 18.4 Å². The first kappa shape index (κ1) is 13.2. The first-order chi connectivity index (χ1) is 9.70. The lowest BCUT2D eigenvalue weighted by Crippen LogP contribution is -2.22. The molecule has 1 aromatic carbocycles. The molecule has 1 N–H and O–H groups in total. The summed E-state index contributed by atoms with van der Waals surface area (Å²) in [7, 11) is 1.64. The maximum absolute atomic E-state index is 12.0. The van der Waals surface area contributed by atoms with E-state index in [0.29, 0.717) is 17.3 Å². The van der Waals surface area contributed by atoms with E-state index in [9.17, 15) is 4.79 Å².